The number of carbonyl (C=O) groups is 1. The molecule has 1 heterocycles. The highest BCUT2D eigenvalue weighted by Gasteiger charge is 2.16. The Morgan fingerprint density at radius 1 is 1.11 bits per heavy atom. The number of amides is 1. The van der Waals surface area contributed by atoms with Crippen molar-refractivity contribution < 1.29 is 14.3 Å². The van der Waals surface area contributed by atoms with E-state index >= 15 is 0 Å². The van der Waals surface area contributed by atoms with Gasteiger partial charge in [-0.2, -0.15) is 4.98 Å². The lowest BCUT2D eigenvalue weighted by molar-refractivity contribution is -0.114. The maximum absolute atomic E-state index is 11.2. The maximum Gasteiger partial charge on any atom is 0.336 e. The maximum atomic E-state index is 11.2. The average Bonchev–Trinajstić information content (AvgIpc) is 3.08. The van der Waals surface area contributed by atoms with E-state index in [9.17, 15) is 4.79 Å². The molecule has 2 aromatic carbocycles. The van der Waals surface area contributed by atoms with Gasteiger partial charge >= 0.3 is 6.01 Å². The molecule has 0 saturated heterocycles. The second-order valence-corrected chi connectivity index (χ2v) is 6.64. The number of methoxy groups -OCH3 is 1. The summed E-state index contributed by atoms with van der Waals surface area (Å²) in [6.45, 7) is 2.20. The summed E-state index contributed by atoms with van der Waals surface area (Å²) in [4.78, 5) is 15.7. The van der Waals surface area contributed by atoms with Crippen LogP contribution in [0, 0.1) is 0 Å². The van der Waals surface area contributed by atoms with Crippen LogP contribution in [0.4, 0.5) is 5.69 Å². The number of halogens is 2. The number of hydrogen-bond acceptors (Lipinski definition) is 5. The molecule has 1 aromatic heterocycles. The predicted molar refractivity (Wildman–Crippen MR) is 108 cm³/mol. The van der Waals surface area contributed by atoms with Crippen molar-refractivity contribution in [2.24, 2.45) is 0 Å². The standard InChI is InChI=1S/C19H18Cl2N4O3/c1-12(26)22-14-4-6-15(7-5-14)25-18(13-3-8-16(20)17(21)11-13)23-19(24-25)28-10-9-27-2/h3-8,11H,9-10H2,1-2H3,(H,22,26). The second kappa shape index (κ2) is 9.05. The SMILES string of the molecule is COCCOc1nc(-c2ccc(Cl)c(Cl)c2)n(-c2ccc(NC(C)=O)cc2)n1. The third-order valence-corrected chi connectivity index (χ3v) is 4.46. The average molecular weight is 421 g/mol. The van der Waals surface area contributed by atoms with Crippen LogP contribution in [0.2, 0.25) is 10.0 Å². The van der Waals surface area contributed by atoms with E-state index in [2.05, 4.69) is 15.4 Å². The highest BCUT2D eigenvalue weighted by Crippen LogP contribution is 2.30. The fourth-order valence-corrected chi connectivity index (χ4v) is 2.76. The van der Waals surface area contributed by atoms with Crippen molar-refractivity contribution in [3.8, 4) is 23.1 Å². The number of nitrogens with zero attached hydrogens (tertiary/aromatic N) is 3. The normalized spacial score (nSPS) is 10.7. The van der Waals surface area contributed by atoms with E-state index in [-0.39, 0.29) is 11.9 Å². The monoisotopic (exact) mass is 420 g/mol. The van der Waals surface area contributed by atoms with Crippen molar-refractivity contribution in [1.29, 1.82) is 0 Å². The number of carbonyl (C=O) groups excluding carboxylic acids is 1. The van der Waals surface area contributed by atoms with Crippen molar-refractivity contribution in [2.75, 3.05) is 25.6 Å². The van der Waals surface area contributed by atoms with Crippen molar-refractivity contribution >= 4 is 34.8 Å². The summed E-state index contributed by atoms with van der Waals surface area (Å²) in [6.07, 6.45) is 0. The number of rotatable bonds is 7. The van der Waals surface area contributed by atoms with Gasteiger partial charge in [0.15, 0.2) is 5.82 Å². The molecule has 0 saturated carbocycles. The van der Waals surface area contributed by atoms with Crippen molar-refractivity contribution in [1.82, 2.24) is 14.8 Å². The Morgan fingerprint density at radius 3 is 2.50 bits per heavy atom. The van der Waals surface area contributed by atoms with E-state index in [4.69, 9.17) is 32.7 Å². The fourth-order valence-electron chi connectivity index (χ4n) is 2.46. The highest BCUT2D eigenvalue weighted by molar-refractivity contribution is 6.42. The molecule has 0 radical (unpaired) electrons. The largest absolute Gasteiger partial charge is 0.460 e. The summed E-state index contributed by atoms with van der Waals surface area (Å²) in [5, 5.41) is 8.03. The molecule has 0 atom stereocenters. The third kappa shape index (κ3) is 4.81. The van der Waals surface area contributed by atoms with Gasteiger partial charge in [0.2, 0.25) is 5.91 Å². The Kier molecular flexibility index (Phi) is 6.51. The zero-order chi connectivity index (χ0) is 20.1. The molecular weight excluding hydrogens is 403 g/mol. The van der Waals surface area contributed by atoms with Gasteiger partial charge in [-0.15, -0.1) is 5.10 Å². The van der Waals surface area contributed by atoms with E-state index in [1.807, 2.05) is 12.1 Å². The van der Waals surface area contributed by atoms with Crippen LogP contribution in [0.25, 0.3) is 17.1 Å². The van der Waals surface area contributed by atoms with E-state index in [0.717, 1.165) is 11.3 Å². The van der Waals surface area contributed by atoms with Crippen LogP contribution < -0.4 is 10.1 Å². The summed E-state index contributed by atoms with van der Waals surface area (Å²) in [6, 6.07) is 12.6. The van der Waals surface area contributed by atoms with Crippen LogP contribution in [0.5, 0.6) is 6.01 Å². The minimum absolute atomic E-state index is 0.140. The second-order valence-electron chi connectivity index (χ2n) is 5.83. The smallest absolute Gasteiger partial charge is 0.336 e. The number of aromatic nitrogens is 3. The van der Waals surface area contributed by atoms with Crippen LogP contribution in [-0.2, 0) is 9.53 Å². The molecular formula is C19H18Cl2N4O3. The zero-order valence-electron chi connectivity index (χ0n) is 15.3. The van der Waals surface area contributed by atoms with E-state index in [1.165, 1.54) is 6.92 Å². The minimum atomic E-state index is -0.140. The molecule has 1 N–H and O–H groups in total. The van der Waals surface area contributed by atoms with Gasteiger partial charge in [0.25, 0.3) is 0 Å². The van der Waals surface area contributed by atoms with Crippen LogP contribution in [-0.4, -0.2) is 41.0 Å². The van der Waals surface area contributed by atoms with Gasteiger partial charge < -0.3 is 14.8 Å². The predicted octanol–water partition coefficient (Wildman–Crippen LogP) is 4.22. The van der Waals surface area contributed by atoms with E-state index < -0.39 is 0 Å². The highest BCUT2D eigenvalue weighted by atomic mass is 35.5. The van der Waals surface area contributed by atoms with E-state index in [0.29, 0.717) is 34.8 Å². The van der Waals surface area contributed by atoms with Gasteiger partial charge in [0, 0.05) is 25.3 Å². The first-order valence-electron chi connectivity index (χ1n) is 8.40. The number of anilines is 1. The molecule has 0 aliphatic carbocycles. The lowest BCUT2D eigenvalue weighted by atomic mass is 10.2. The van der Waals surface area contributed by atoms with Gasteiger partial charge in [0.05, 0.1) is 22.3 Å². The zero-order valence-corrected chi connectivity index (χ0v) is 16.8. The molecule has 9 heteroatoms. The van der Waals surface area contributed by atoms with Crippen molar-refractivity contribution in [2.45, 2.75) is 6.92 Å². The van der Waals surface area contributed by atoms with Gasteiger partial charge in [-0.1, -0.05) is 23.2 Å². The summed E-state index contributed by atoms with van der Waals surface area (Å²) in [5.41, 5.74) is 2.16. The molecule has 0 aliphatic rings. The van der Waals surface area contributed by atoms with Crippen LogP contribution in [0.3, 0.4) is 0 Å². The Bertz CT molecular complexity index is 974. The van der Waals surface area contributed by atoms with Gasteiger partial charge in [0.1, 0.15) is 6.61 Å². The first kappa shape index (κ1) is 20.1. The molecule has 28 heavy (non-hydrogen) atoms. The molecule has 146 valence electrons. The number of nitrogens with one attached hydrogen (secondary N) is 1. The molecule has 3 aromatic rings. The molecule has 3 rings (SSSR count). The summed E-state index contributed by atoms with van der Waals surface area (Å²) in [5.74, 6) is 0.400. The Hall–Kier alpha value is -2.61. The lowest BCUT2D eigenvalue weighted by Crippen LogP contribution is -2.06. The first-order valence-corrected chi connectivity index (χ1v) is 9.16. The number of hydrogen-bond donors (Lipinski definition) is 1. The molecule has 0 bridgehead atoms. The molecule has 0 spiro atoms. The topological polar surface area (TPSA) is 78.3 Å². The van der Waals surface area contributed by atoms with Gasteiger partial charge in [-0.05, 0) is 42.5 Å². The fraction of sp³-hybridized carbons (Fsp3) is 0.211. The molecule has 0 unspecified atom stereocenters. The number of benzene rings is 2. The molecule has 1 amide bonds. The number of ether oxygens (including phenoxy) is 2. The third-order valence-electron chi connectivity index (χ3n) is 3.72. The van der Waals surface area contributed by atoms with Crippen molar-refractivity contribution in [3.63, 3.8) is 0 Å². The van der Waals surface area contributed by atoms with E-state index in [1.54, 1.807) is 42.1 Å². The summed E-state index contributed by atoms with van der Waals surface area (Å²) >= 11 is 12.2. The van der Waals surface area contributed by atoms with Crippen LogP contribution in [0.15, 0.2) is 42.5 Å². The molecule has 0 aliphatic heterocycles. The first-order chi connectivity index (χ1) is 13.5. The Balaban J connectivity index is 1.99. The lowest BCUT2D eigenvalue weighted by Gasteiger charge is -2.08. The molecule has 0 fully saturated rings. The van der Waals surface area contributed by atoms with Crippen molar-refractivity contribution in [3.05, 3.63) is 52.5 Å². The van der Waals surface area contributed by atoms with Crippen LogP contribution in [0.1, 0.15) is 6.92 Å². The minimum Gasteiger partial charge on any atom is -0.460 e. The summed E-state index contributed by atoms with van der Waals surface area (Å²) in [7, 11) is 1.59. The Morgan fingerprint density at radius 2 is 1.86 bits per heavy atom. The van der Waals surface area contributed by atoms with Gasteiger partial charge in [-0.25, -0.2) is 4.68 Å². The quantitative estimate of drug-likeness (QED) is 0.578. The summed E-state index contributed by atoms with van der Waals surface area (Å²) < 4.78 is 12.2. The molecule has 7 nitrogen and oxygen atoms in total. The van der Waals surface area contributed by atoms with Crippen LogP contribution >= 0.6 is 23.2 Å². The van der Waals surface area contributed by atoms with Gasteiger partial charge in [-0.3, -0.25) is 4.79 Å². The Labute approximate surface area is 172 Å².